The quantitative estimate of drug-likeness (QED) is 0.815. The highest BCUT2D eigenvalue weighted by Crippen LogP contribution is 2.31. The first-order valence-electron chi connectivity index (χ1n) is 5.96. The SMILES string of the molecule is CC1(CNc2ccc(N)cc2Cl)CCOCC1. The molecular formula is C13H19ClN2O. The van der Waals surface area contributed by atoms with Gasteiger partial charge in [-0.15, -0.1) is 0 Å². The third kappa shape index (κ3) is 3.27. The molecule has 1 aromatic rings. The molecule has 3 N–H and O–H groups in total. The Kier molecular flexibility index (Phi) is 3.79. The summed E-state index contributed by atoms with van der Waals surface area (Å²) in [5.41, 5.74) is 7.60. The fourth-order valence-electron chi connectivity index (χ4n) is 2.02. The van der Waals surface area contributed by atoms with E-state index in [0.717, 1.165) is 38.3 Å². The van der Waals surface area contributed by atoms with E-state index in [-0.39, 0.29) is 0 Å². The molecule has 94 valence electrons. The van der Waals surface area contributed by atoms with Gasteiger partial charge in [0.1, 0.15) is 0 Å². The van der Waals surface area contributed by atoms with E-state index in [1.54, 1.807) is 6.07 Å². The number of halogens is 1. The summed E-state index contributed by atoms with van der Waals surface area (Å²) in [5.74, 6) is 0. The molecule has 0 aliphatic carbocycles. The average Bonchev–Trinajstić information content (AvgIpc) is 2.29. The number of hydrogen-bond acceptors (Lipinski definition) is 3. The standard InChI is InChI=1S/C13H19ClN2O/c1-13(4-6-17-7-5-13)9-16-12-3-2-10(15)8-11(12)14/h2-3,8,16H,4-7,9,15H2,1H3. The smallest absolute Gasteiger partial charge is 0.0657 e. The molecule has 1 aromatic carbocycles. The maximum Gasteiger partial charge on any atom is 0.0657 e. The number of nitrogens with two attached hydrogens (primary N) is 1. The molecule has 0 atom stereocenters. The zero-order chi connectivity index (χ0) is 12.3. The Morgan fingerprint density at radius 2 is 2.12 bits per heavy atom. The van der Waals surface area contributed by atoms with Crippen LogP contribution in [0.2, 0.25) is 5.02 Å². The van der Waals surface area contributed by atoms with Crippen LogP contribution in [-0.2, 0) is 4.74 Å². The maximum atomic E-state index is 6.13. The first-order chi connectivity index (χ1) is 8.09. The largest absolute Gasteiger partial charge is 0.399 e. The van der Waals surface area contributed by atoms with E-state index in [1.165, 1.54) is 0 Å². The van der Waals surface area contributed by atoms with E-state index < -0.39 is 0 Å². The number of ether oxygens (including phenoxy) is 1. The molecule has 0 aromatic heterocycles. The Labute approximate surface area is 107 Å². The normalized spacial score (nSPS) is 18.9. The van der Waals surface area contributed by atoms with Gasteiger partial charge in [0.05, 0.1) is 10.7 Å². The Bertz CT molecular complexity index is 389. The van der Waals surface area contributed by atoms with Gasteiger partial charge in [0.15, 0.2) is 0 Å². The van der Waals surface area contributed by atoms with Gasteiger partial charge in [-0.1, -0.05) is 18.5 Å². The van der Waals surface area contributed by atoms with Gasteiger partial charge >= 0.3 is 0 Å². The van der Waals surface area contributed by atoms with Crippen molar-refractivity contribution in [2.24, 2.45) is 5.41 Å². The summed E-state index contributed by atoms with van der Waals surface area (Å²) in [4.78, 5) is 0. The molecular weight excluding hydrogens is 236 g/mol. The molecule has 17 heavy (non-hydrogen) atoms. The topological polar surface area (TPSA) is 47.3 Å². The molecule has 1 fully saturated rings. The van der Waals surface area contributed by atoms with Gasteiger partial charge in [-0.2, -0.15) is 0 Å². The van der Waals surface area contributed by atoms with E-state index in [1.807, 2.05) is 12.1 Å². The number of hydrogen-bond donors (Lipinski definition) is 2. The monoisotopic (exact) mass is 254 g/mol. The molecule has 0 amide bonds. The summed E-state index contributed by atoms with van der Waals surface area (Å²) in [6, 6.07) is 5.57. The van der Waals surface area contributed by atoms with Crippen molar-refractivity contribution >= 4 is 23.0 Å². The number of anilines is 2. The molecule has 3 nitrogen and oxygen atoms in total. The maximum absolute atomic E-state index is 6.13. The molecule has 2 rings (SSSR count). The second-order valence-electron chi connectivity index (χ2n) is 5.02. The summed E-state index contributed by atoms with van der Waals surface area (Å²) in [7, 11) is 0. The minimum absolute atomic E-state index is 0.295. The number of nitrogens with one attached hydrogen (secondary N) is 1. The van der Waals surface area contributed by atoms with Crippen molar-refractivity contribution in [1.29, 1.82) is 0 Å². The van der Waals surface area contributed by atoms with Crippen LogP contribution in [-0.4, -0.2) is 19.8 Å². The summed E-state index contributed by atoms with van der Waals surface area (Å²) < 4.78 is 5.39. The minimum atomic E-state index is 0.295. The van der Waals surface area contributed by atoms with Crippen LogP contribution in [0.25, 0.3) is 0 Å². The van der Waals surface area contributed by atoms with Crippen molar-refractivity contribution in [3.63, 3.8) is 0 Å². The fraction of sp³-hybridized carbons (Fsp3) is 0.538. The van der Waals surface area contributed by atoms with Crippen molar-refractivity contribution in [1.82, 2.24) is 0 Å². The van der Waals surface area contributed by atoms with Crippen LogP contribution >= 0.6 is 11.6 Å². The lowest BCUT2D eigenvalue weighted by molar-refractivity contribution is 0.0300. The fourth-order valence-corrected chi connectivity index (χ4v) is 2.28. The van der Waals surface area contributed by atoms with Crippen LogP contribution < -0.4 is 11.1 Å². The number of rotatable bonds is 3. The lowest BCUT2D eigenvalue weighted by atomic mass is 9.82. The first kappa shape index (κ1) is 12.5. The highest BCUT2D eigenvalue weighted by Gasteiger charge is 2.27. The molecule has 0 saturated carbocycles. The summed E-state index contributed by atoms with van der Waals surface area (Å²) in [6.45, 7) is 4.91. The van der Waals surface area contributed by atoms with Gasteiger partial charge in [0.2, 0.25) is 0 Å². The average molecular weight is 255 g/mol. The third-order valence-corrected chi connectivity index (χ3v) is 3.71. The van der Waals surface area contributed by atoms with E-state index in [4.69, 9.17) is 22.1 Å². The zero-order valence-electron chi connectivity index (χ0n) is 10.1. The van der Waals surface area contributed by atoms with Crippen LogP contribution in [0.1, 0.15) is 19.8 Å². The van der Waals surface area contributed by atoms with Crippen molar-refractivity contribution in [3.8, 4) is 0 Å². The molecule has 0 unspecified atom stereocenters. The second-order valence-corrected chi connectivity index (χ2v) is 5.42. The van der Waals surface area contributed by atoms with E-state index in [2.05, 4.69) is 12.2 Å². The highest BCUT2D eigenvalue weighted by atomic mass is 35.5. The van der Waals surface area contributed by atoms with Gasteiger partial charge in [0.25, 0.3) is 0 Å². The van der Waals surface area contributed by atoms with Gasteiger partial charge in [-0.25, -0.2) is 0 Å². The highest BCUT2D eigenvalue weighted by molar-refractivity contribution is 6.33. The first-order valence-corrected chi connectivity index (χ1v) is 6.34. The van der Waals surface area contributed by atoms with E-state index >= 15 is 0 Å². The molecule has 1 heterocycles. The van der Waals surface area contributed by atoms with Gasteiger partial charge in [-0.3, -0.25) is 0 Å². The number of benzene rings is 1. The van der Waals surface area contributed by atoms with Crippen LogP contribution in [0.3, 0.4) is 0 Å². The zero-order valence-corrected chi connectivity index (χ0v) is 10.9. The van der Waals surface area contributed by atoms with Crippen molar-refractivity contribution < 1.29 is 4.74 Å². The van der Waals surface area contributed by atoms with Crippen LogP contribution in [0.15, 0.2) is 18.2 Å². The summed E-state index contributed by atoms with van der Waals surface area (Å²) >= 11 is 6.13. The lowest BCUT2D eigenvalue weighted by Crippen LogP contribution is -2.33. The number of nitrogen functional groups attached to an aromatic ring is 1. The summed E-state index contributed by atoms with van der Waals surface area (Å²) in [6.07, 6.45) is 2.18. The molecule has 1 aliphatic rings. The summed E-state index contributed by atoms with van der Waals surface area (Å²) in [5, 5.41) is 4.09. The van der Waals surface area contributed by atoms with E-state index in [9.17, 15) is 0 Å². The molecule has 0 radical (unpaired) electrons. The molecule has 1 saturated heterocycles. The van der Waals surface area contributed by atoms with Gasteiger partial charge in [0, 0.05) is 25.4 Å². The minimum Gasteiger partial charge on any atom is -0.399 e. The van der Waals surface area contributed by atoms with Crippen molar-refractivity contribution in [2.45, 2.75) is 19.8 Å². The van der Waals surface area contributed by atoms with Crippen LogP contribution in [0.4, 0.5) is 11.4 Å². The predicted molar refractivity (Wildman–Crippen MR) is 72.5 cm³/mol. The Hall–Kier alpha value is -0.930. The van der Waals surface area contributed by atoms with Gasteiger partial charge < -0.3 is 15.8 Å². The predicted octanol–water partition coefficient (Wildman–Crippen LogP) is 3.15. The third-order valence-electron chi connectivity index (χ3n) is 3.40. The molecule has 4 heteroatoms. The van der Waals surface area contributed by atoms with Crippen LogP contribution in [0.5, 0.6) is 0 Å². The van der Waals surface area contributed by atoms with Crippen molar-refractivity contribution in [3.05, 3.63) is 23.2 Å². The van der Waals surface area contributed by atoms with Gasteiger partial charge in [-0.05, 0) is 36.5 Å². The lowest BCUT2D eigenvalue weighted by Gasteiger charge is -2.34. The molecule has 0 spiro atoms. The van der Waals surface area contributed by atoms with Crippen LogP contribution in [0, 0.1) is 5.41 Å². The van der Waals surface area contributed by atoms with E-state index in [0.29, 0.717) is 16.1 Å². The molecule has 1 aliphatic heterocycles. The Balaban J connectivity index is 1.97. The molecule has 0 bridgehead atoms. The Morgan fingerprint density at radius 3 is 2.76 bits per heavy atom. The second kappa shape index (κ2) is 5.15. The Morgan fingerprint density at radius 1 is 1.41 bits per heavy atom. The van der Waals surface area contributed by atoms with Crippen molar-refractivity contribution in [2.75, 3.05) is 30.8 Å².